The SMILES string of the molecule is Nc1onc(CC2CC3CCC2C3)c1-c1ccccc1Cl. The molecule has 4 rings (SSSR count). The molecule has 3 nitrogen and oxygen atoms in total. The first kappa shape index (κ1) is 13.2. The fraction of sp³-hybridized carbons (Fsp3) is 0.471. The van der Waals surface area contributed by atoms with Gasteiger partial charge in [0.05, 0.1) is 11.3 Å². The Bertz CT molecular complexity index is 667. The van der Waals surface area contributed by atoms with Gasteiger partial charge in [-0.05, 0) is 49.5 Å². The quantitative estimate of drug-likeness (QED) is 0.904. The van der Waals surface area contributed by atoms with Crippen molar-refractivity contribution in [3.63, 3.8) is 0 Å². The zero-order valence-corrected chi connectivity index (χ0v) is 12.6. The Morgan fingerprint density at radius 3 is 2.81 bits per heavy atom. The van der Waals surface area contributed by atoms with Gasteiger partial charge in [0.2, 0.25) is 5.88 Å². The van der Waals surface area contributed by atoms with Crippen molar-refractivity contribution in [1.82, 2.24) is 5.16 Å². The smallest absolute Gasteiger partial charge is 0.230 e. The summed E-state index contributed by atoms with van der Waals surface area (Å²) in [6.45, 7) is 0. The van der Waals surface area contributed by atoms with Crippen LogP contribution in [0.25, 0.3) is 11.1 Å². The number of hydrogen-bond donors (Lipinski definition) is 1. The number of nitrogens with two attached hydrogens (primary N) is 1. The molecule has 0 radical (unpaired) electrons. The molecule has 0 aliphatic heterocycles. The number of nitrogens with zero attached hydrogens (tertiary/aromatic N) is 1. The van der Waals surface area contributed by atoms with E-state index in [1.807, 2.05) is 24.3 Å². The van der Waals surface area contributed by atoms with Crippen LogP contribution in [-0.2, 0) is 6.42 Å². The van der Waals surface area contributed by atoms with Gasteiger partial charge in [0.1, 0.15) is 0 Å². The summed E-state index contributed by atoms with van der Waals surface area (Å²) in [4.78, 5) is 0. The molecular weight excluding hydrogens is 284 g/mol. The minimum Gasteiger partial charge on any atom is -0.367 e. The number of nitrogen functional groups attached to an aromatic ring is 1. The molecule has 2 fully saturated rings. The van der Waals surface area contributed by atoms with Crippen molar-refractivity contribution in [2.45, 2.75) is 32.1 Å². The average Bonchev–Trinajstić information content (AvgIpc) is 3.17. The van der Waals surface area contributed by atoms with E-state index >= 15 is 0 Å². The first-order valence-electron chi connectivity index (χ1n) is 7.71. The van der Waals surface area contributed by atoms with Crippen molar-refractivity contribution >= 4 is 17.5 Å². The largest absolute Gasteiger partial charge is 0.367 e. The van der Waals surface area contributed by atoms with Gasteiger partial charge in [-0.3, -0.25) is 0 Å². The zero-order valence-electron chi connectivity index (χ0n) is 11.9. The van der Waals surface area contributed by atoms with Gasteiger partial charge in [0.25, 0.3) is 0 Å². The zero-order chi connectivity index (χ0) is 14.4. The molecule has 3 atom stereocenters. The lowest BCUT2D eigenvalue weighted by molar-refractivity contribution is 0.322. The Morgan fingerprint density at radius 2 is 2.10 bits per heavy atom. The van der Waals surface area contributed by atoms with Gasteiger partial charge in [-0.2, -0.15) is 0 Å². The molecule has 4 heteroatoms. The lowest BCUT2D eigenvalue weighted by atomic mass is 9.84. The van der Waals surface area contributed by atoms with Crippen molar-refractivity contribution in [2.75, 3.05) is 5.73 Å². The van der Waals surface area contributed by atoms with E-state index < -0.39 is 0 Å². The average molecular weight is 303 g/mol. The lowest BCUT2D eigenvalue weighted by Crippen LogP contribution is -2.13. The summed E-state index contributed by atoms with van der Waals surface area (Å²) in [6.07, 6.45) is 6.49. The predicted octanol–water partition coefficient (Wildman–Crippen LogP) is 4.56. The van der Waals surface area contributed by atoms with Crippen LogP contribution >= 0.6 is 11.6 Å². The van der Waals surface area contributed by atoms with E-state index in [2.05, 4.69) is 5.16 Å². The Kier molecular flexibility index (Phi) is 3.18. The van der Waals surface area contributed by atoms with Crippen LogP contribution in [0.2, 0.25) is 5.02 Å². The first-order valence-corrected chi connectivity index (χ1v) is 8.09. The van der Waals surface area contributed by atoms with Crippen molar-refractivity contribution in [1.29, 1.82) is 0 Å². The number of fused-ring (bicyclic) bond motifs is 2. The summed E-state index contributed by atoms with van der Waals surface area (Å²) >= 11 is 6.31. The van der Waals surface area contributed by atoms with Crippen LogP contribution < -0.4 is 5.73 Å². The highest BCUT2D eigenvalue weighted by Crippen LogP contribution is 2.50. The fourth-order valence-electron chi connectivity index (χ4n) is 4.30. The number of halogens is 1. The maximum Gasteiger partial charge on any atom is 0.230 e. The van der Waals surface area contributed by atoms with E-state index in [-0.39, 0.29) is 0 Å². The Morgan fingerprint density at radius 1 is 1.24 bits per heavy atom. The molecule has 2 N–H and O–H groups in total. The number of aromatic nitrogens is 1. The second-order valence-corrected chi connectivity index (χ2v) is 6.89. The molecule has 1 aromatic heterocycles. The summed E-state index contributed by atoms with van der Waals surface area (Å²) < 4.78 is 5.26. The number of benzene rings is 1. The maximum absolute atomic E-state index is 6.31. The van der Waals surface area contributed by atoms with Gasteiger partial charge >= 0.3 is 0 Å². The number of rotatable bonds is 3. The topological polar surface area (TPSA) is 52.0 Å². The second kappa shape index (κ2) is 5.06. The molecule has 2 saturated carbocycles. The number of hydrogen-bond acceptors (Lipinski definition) is 3. The highest BCUT2D eigenvalue weighted by molar-refractivity contribution is 6.33. The molecule has 21 heavy (non-hydrogen) atoms. The molecular formula is C17H19ClN2O. The Labute approximate surface area is 129 Å². The van der Waals surface area contributed by atoms with Crippen LogP contribution in [-0.4, -0.2) is 5.16 Å². The fourth-order valence-corrected chi connectivity index (χ4v) is 4.53. The van der Waals surface area contributed by atoms with Gasteiger partial charge in [-0.1, -0.05) is 41.4 Å². The summed E-state index contributed by atoms with van der Waals surface area (Å²) in [5, 5.41) is 4.92. The highest BCUT2D eigenvalue weighted by atomic mass is 35.5. The molecule has 2 aromatic rings. The van der Waals surface area contributed by atoms with E-state index in [0.29, 0.717) is 10.9 Å². The summed E-state index contributed by atoms with van der Waals surface area (Å²) in [5.74, 6) is 2.91. The summed E-state index contributed by atoms with van der Waals surface area (Å²) in [6, 6.07) is 7.75. The van der Waals surface area contributed by atoms with Gasteiger partial charge in [0, 0.05) is 10.6 Å². The second-order valence-electron chi connectivity index (χ2n) is 6.49. The van der Waals surface area contributed by atoms with Gasteiger partial charge in [0.15, 0.2) is 0 Å². The van der Waals surface area contributed by atoms with Crippen LogP contribution in [0, 0.1) is 17.8 Å². The van der Waals surface area contributed by atoms with E-state index in [1.54, 1.807) is 0 Å². The molecule has 2 bridgehead atoms. The third-order valence-electron chi connectivity index (χ3n) is 5.27. The monoisotopic (exact) mass is 302 g/mol. The van der Waals surface area contributed by atoms with Crippen LogP contribution in [0.3, 0.4) is 0 Å². The van der Waals surface area contributed by atoms with Gasteiger partial charge < -0.3 is 10.3 Å². The first-order chi connectivity index (χ1) is 10.2. The molecule has 2 aliphatic carbocycles. The van der Waals surface area contributed by atoms with Crippen LogP contribution in [0.15, 0.2) is 28.8 Å². The molecule has 110 valence electrons. The van der Waals surface area contributed by atoms with Crippen molar-refractivity contribution in [2.24, 2.45) is 17.8 Å². The van der Waals surface area contributed by atoms with Crippen molar-refractivity contribution < 1.29 is 4.52 Å². The van der Waals surface area contributed by atoms with Crippen molar-refractivity contribution in [3.05, 3.63) is 35.0 Å². The maximum atomic E-state index is 6.31. The summed E-state index contributed by atoms with van der Waals surface area (Å²) in [5.41, 5.74) is 8.79. The molecule has 2 aliphatic rings. The summed E-state index contributed by atoms with van der Waals surface area (Å²) in [7, 11) is 0. The Balaban J connectivity index is 1.66. The van der Waals surface area contributed by atoms with Crippen LogP contribution in [0.5, 0.6) is 0 Å². The van der Waals surface area contributed by atoms with E-state index in [1.165, 1.54) is 25.7 Å². The highest BCUT2D eigenvalue weighted by Gasteiger charge is 2.40. The van der Waals surface area contributed by atoms with E-state index in [4.69, 9.17) is 21.9 Å². The normalized spacial score (nSPS) is 27.4. The number of anilines is 1. The van der Waals surface area contributed by atoms with E-state index in [0.717, 1.165) is 41.0 Å². The van der Waals surface area contributed by atoms with Gasteiger partial charge in [-0.15, -0.1) is 0 Å². The third-order valence-corrected chi connectivity index (χ3v) is 5.60. The molecule has 1 aromatic carbocycles. The molecule has 1 heterocycles. The lowest BCUT2D eigenvalue weighted by Gasteiger charge is -2.20. The molecule has 3 unspecified atom stereocenters. The molecule has 0 spiro atoms. The molecule has 0 amide bonds. The molecule has 0 saturated heterocycles. The van der Waals surface area contributed by atoms with Gasteiger partial charge in [-0.25, -0.2) is 0 Å². The van der Waals surface area contributed by atoms with Crippen LogP contribution in [0.1, 0.15) is 31.4 Å². The van der Waals surface area contributed by atoms with Crippen molar-refractivity contribution in [3.8, 4) is 11.1 Å². The van der Waals surface area contributed by atoms with E-state index in [9.17, 15) is 0 Å². The standard InChI is InChI=1S/C17H19ClN2O/c18-14-4-2-1-3-13(14)16-15(20-21-17(16)19)9-12-8-10-5-6-11(12)7-10/h1-4,10-12H,5-9,19H2. The third kappa shape index (κ3) is 2.24. The predicted molar refractivity (Wildman–Crippen MR) is 84.0 cm³/mol. The Hall–Kier alpha value is -1.48. The van der Waals surface area contributed by atoms with Crippen LogP contribution in [0.4, 0.5) is 5.88 Å². The minimum atomic E-state index is 0.376. The minimum absolute atomic E-state index is 0.376.